The first-order chi connectivity index (χ1) is 15.5. The van der Waals surface area contributed by atoms with Gasteiger partial charge in [-0.2, -0.15) is 0 Å². The van der Waals surface area contributed by atoms with Gasteiger partial charge in [0.25, 0.3) is 0 Å². The third kappa shape index (κ3) is 5.06. The van der Waals surface area contributed by atoms with Crippen molar-refractivity contribution < 1.29 is 4.74 Å². The molecule has 3 aromatic rings. The fraction of sp³-hybridized carbons (Fsp3) is 0.379. The highest BCUT2D eigenvalue weighted by Gasteiger charge is 2.35. The molecule has 0 aromatic heterocycles. The molecule has 0 spiro atoms. The first kappa shape index (κ1) is 22.6. The molecule has 0 unspecified atom stereocenters. The first-order valence-corrected chi connectivity index (χ1v) is 11.7. The molecule has 1 fully saturated rings. The summed E-state index contributed by atoms with van der Waals surface area (Å²) in [6, 6.07) is 29.1. The van der Waals surface area contributed by atoms with E-state index in [1.807, 2.05) is 0 Å². The topological polar surface area (TPSA) is 33.3 Å². The number of hydrogen-bond acceptors (Lipinski definition) is 3. The van der Waals surface area contributed by atoms with Gasteiger partial charge in [-0.15, -0.1) is 0 Å². The lowest BCUT2D eigenvalue weighted by molar-refractivity contribution is 0.393. The van der Waals surface area contributed by atoms with Crippen LogP contribution in [0.4, 0.5) is 0 Å². The Morgan fingerprint density at radius 3 is 2.12 bits per heavy atom. The Morgan fingerprint density at radius 2 is 1.56 bits per heavy atom. The second-order valence-corrected chi connectivity index (χ2v) is 9.83. The minimum atomic E-state index is 0.115. The molecule has 32 heavy (non-hydrogen) atoms. The minimum absolute atomic E-state index is 0.115. The normalized spacial score (nSPS) is 18.8. The molecule has 3 nitrogen and oxygen atoms in total. The van der Waals surface area contributed by atoms with E-state index in [0.717, 1.165) is 25.3 Å². The van der Waals surface area contributed by atoms with Gasteiger partial charge >= 0.3 is 0 Å². The number of hydrogen-bond donors (Lipinski definition) is 2. The van der Waals surface area contributed by atoms with Crippen molar-refractivity contribution in [3.05, 3.63) is 101 Å². The van der Waals surface area contributed by atoms with Crippen LogP contribution < -0.4 is 15.4 Å². The zero-order chi connectivity index (χ0) is 22.6. The highest BCUT2D eigenvalue weighted by Crippen LogP contribution is 2.33. The summed E-state index contributed by atoms with van der Waals surface area (Å²) in [7, 11) is 1.76. The minimum Gasteiger partial charge on any atom is -0.496 e. The second kappa shape index (κ2) is 9.89. The molecule has 0 bridgehead atoms. The highest BCUT2D eigenvalue weighted by atomic mass is 16.5. The maximum atomic E-state index is 5.69. The summed E-state index contributed by atoms with van der Waals surface area (Å²) in [6.07, 6.45) is 1.11. The standard InChI is InChI=1S/C29H36N2O/c1-29(2,3)24-15-16-26(32-4)23(19-24)20-31-25-17-18-30-28(25)27(21-11-7-5-8-12-21)22-13-9-6-10-14-22/h5-16,19,25,27-28,30-31H,17-18,20H2,1-4H3/t25-,28+/m1/s1. The van der Waals surface area contributed by atoms with Crippen LogP contribution in [0.3, 0.4) is 0 Å². The van der Waals surface area contributed by atoms with Crippen LogP contribution >= 0.6 is 0 Å². The van der Waals surface area contributed by atoms with Crippen LogP contribution in [0.2, 0.25) is 0 Å². The largest absolute Gasteiger partial charge is 0.496 e. The van der Waals surface area contributed by atoms with Crippen molar-refractivity contribution in [3.63, 3.8) is 0 Å². The fourth-order valence-corrected chi connectivity index (χ4v) is 4.86. The van der Waals surface area contributed by atoms with Crippen LogP contribution in [0.5, 0.6) is 5.75 Å². The van der Waals surface area contributed by atoms with Crippen LogP contribution in [0, 0.1) is 0 Å². The SMILES string of the molecule is COc1ccc(C(C)(C)C)cc1CN[C@@H]1CCN[C@@H]1C(c1ccccc1)c1ccccc1. The van der Waals surface area contributed by atoms with E-state index in [2.05, 4.69) is 110 Å². The molecular weight excluding hydrogens is 392 g/mol. The summed E-state index contributed by atoms with van der Waals surface area (Å²) >= 11 is 0. The van der Waals surface area contributed by atoms with Gasteiger partial charge in [-0.25, -0.2) is 0 Å². The van der Waals surface area contributed by atoms with Gasteiger partial charge in [-0.05, 0) is 41.1 Å². The monoisotopic (exact) mass is 428 g/mol. The van der Waals surface area contributed by atoms with E-state index < -0.39 is 0 Å². The van der Waals surface area contributed by atoms with Crippen LogP contribution in [-0.2, 0) is 12.0 Å². The number of nitrogens with one attached hydrogen (secondary N) is 2. The summed E-state index contributed by atoms with van der Waals surface area (Å²) in [4.78, 5) is 0. The van der Waals surface area contributed by atoms with Crippen molar-refractivity contribution in [2.45, 2.75) is 57.2 Å². The van der Waals surface area contributed by atoms with Gasteiger partial charge in [0.2, 0.25) is 0 Å². The Labute approximate surface area is 193 Å². The van der Waals surface area contributed by atoms with Crippen LogP contribution in [0.1, 0.15) is 55.4 Å². The van der Waals surface area contributed by atoms with Crippen molar-refractivity contribution in [2.24, 2.45) is 0 Å². The van der Waals surface area contributed by atoms with Crippen LogP contribution in [-0.4, -0.2) is 25.7 Å². The number of rotatable bonds is 7. The second-order valence-electron chi connectivity index (χ2n) is 9.83. The van der Waals surface area contributed by atoms with E-state index in [-0.39, 0.29) is 5.41 Å². The van der Waals surface area contributed by atoms with Crippen LogP contribution in [0.15, 0.2) is 78.9 Å². The molecule has 2 atom stereocenters. The molecular formula is C29H36N2O. The van der Waals surface area contributed by atoms with Gasteiger partial charge in [0.05, 0.1) is 7.11 Å². The first-order valence-electron chi connectivity index (χ1n) is 11.7. The van der Waals surface area contributed by atoms with E-state index in [1.165, 1.54) is 22.3 Å². The third-order valence-corrected chi connectivity index (χ3v) is 6.65. The Hall–Kier alpha value is -2.62. The molecule has 0 amide bonds. The molecule has 2 N–H and O–H groups in total. The molecule has 1 saturated heterocycles. The molecule has 1 aliphatic rings. The molecule has 0 saturated carbocycles. The molecule has 168 valence electrons. The zero-order valence-electron chi connectivity index (χ0n) is 19.8. The smallest absolute Gasteiger partial charge is 0.123 e. The molecule has 3 aromatic carbocycles. The lowest BCUT2D eigenvalue weighted by Gasteiger charge is -2.31. The van der Waals surface area contributed by atoms with Gasteiger partial charge in [-0.1, -0.05) is 93.6 Å². The molecule has 4 rings (SSSR count). The van der Waals surface area contributed by atoms with Crippen molar-refractivity contribution >= 4 is 0 Å². The van der Waals surface area contributed by atoms with E-state index in [0.29, 0.717) is 18.0 Å². The zero-order valence-corrected chi connectivity index (χ0v) is 19.8. The molecule has 0 radical (unpaired) electrons. The van der Waals surface area contributed by atoms with E-state index in [1.54, 1.807) is 7.11 Å². The summed E-state index contributed by atoms with van der Waals surface area (Å²) in [6.45, 7) is 8.59. The lowest BCUT2D eigenvalue weighted by Crippen LogP contribution is -2.44. The van der Waals surface area contributed by atoms with Crippen molar-refractivity contribution in [2.75, 3.05) is 13.7 Å². The molecule has 1 aliphatic heterocycles. The summed E-state index contributed by atoms with van der Waals surface area (Å²) in [5.41, 5.74) is 5.39. The third-order valence-electron chi connectivity index (χ3n) is 6.65. The van der Waals surface area contributed by atoms with E-state index in [9.17, 15) is 0 Å². The maximum absolute atomic E-state index is 5.69. The van der Waals surface area contributed by atoms with Crippen molar-refractivity contribution in [1.29, 1.82) is 0 Å². The summed E-state index contributed by atoms with van der Waals surface area (Å²) in [5, 5.41) is 7.69. The fourth-order valence-electron chi connectivity index (χ4n) is 4.86. The number of ether oxygens (including phenoxy) is 1. The van der Waals surface area contributed by atoms with E-state index >= 15 is 0 Å². The molecule has 3 heteroatoms. The average Bonchev–Trinajstić information content (AvgIpc) is 3.26. The van der Waals surface area contributed by atoms with Gasteiger partial charge < -0.3 is 15.4 Å². The average molecular weight is 429 g/mol. The Morgan fingerprint density at radius 1 is 0.938 bits per heavy atom. The quantitative estimate of drug-likeness (QED) is 0.511. The van der Waals surface area contributed by atoms with Crippen molar-refractivity contribution in [1.82, 2.24) is 10.6 Å². The van der Waals surface area contributed by atoms with Crippen LogP contribution in [0.25, 0.3) is 0 Å². The van der Waals surface area contributed by atoms with Gasteiger partial charge in [-0.3, -0.25) is 0 Å². The lowest BCUT2D eigenvalue weighted by atomic mass is 9.82. The summed E-state index contributed by atoms with van der Waals surface area (Å²) in [5.74, 6) is 1.26. The predicted octanol–water partition coefficient (Wildman–Crippen LogP) is 5.64. The molecule has 0 aliphatic carbocycles. The Bertz CT molecular complexity index is 955. The predicted molar refractivity (Wildman–Crippen MR) is 133 cm³/mol. The highest BCUT2D eigenvalue weighted by molar-refractivity contribution is 5.40. The number of benzene rings is 3. The Kier molecular flexibility index (Phi) is 6.98. The van der Waals surface area contributed by atoms with Crippen molar-refractivity contribution in [3.8, 4) is 5.75 Å². The van der Waals surface area contributed by atoms with Gasteiger partial charge in [0.1, 0.15) is 5.75 Å². The van der Waals surface area contributed by atoms with E-state index in [4.69, 9.17) is 4.74 Å². The van der Waals surface area contributed by atoms with Gasteiger partial charge in [0.15, 0.2) is 0 Å². The maximum Gasteiger partial charge on any atom is 0.123 e. The number of methoxy groups -OCH3 is 1. The van der Waals surface area contributed by atoms with Gasteiger partial charge in [0, 0.05) is 30.1 Å². The molecule has 1 heterocycles. The Balaban J connectivity index is 1.58. The summed E-state index contributed by atoms with van der Waals surface area (Å²) < 4.78 is 5.69.